The Balaban J connectivity index is 3.31. The molecule has 1 nitrogen and oxygen atoms in total. The predicted molar refractivity (Wildman–Crippen MR) is 41.1 cm³/mol. The average Bonchev–Trinajstić information content (AvgIpc) is 1.99. The summed E-state index contributed by atoms with van der Waals surface area (Å²) in [6.45, 7) is 2.73. The number of carbonyl (C=O) groups is 1. The molecule has 0 atom stereocenters. The summed E-state index contributed by atoms with van der Waals surface area (Å²) in [5.41, 5.74) is 0.353. The van der Waals surface area contributed by atoms with Gasteiger partial charge in [-0.1, -0.05) is 0 Å². The number of benzene rings is 1. The number of Topliss-reactive ketones (excluding diaryl/α,β-unsaturated/α-hetero) is 1. The molecule has 1 aromatic carbocycles. The quantitative estimate of drug-likeness (QED) is 0.592. The van der Waals surface area contributed by atoms with E-state index in [0.717, 1.165) is 6.07 Å². The van der Waals surface area contributed by atoms with E-state index in [9.17, 15) is 13.6 Å². The molecule has 0 saturated heterocycles. The highest BCUT2D eigenvalue weighted by Gasteiger charge is 2.09. The minimum absolute atomic E-state index is 0.153. The molecule has 0 unspecified atom stereocenters. The summed E-state index contributed by atoms with van der Waals surface area (Å²) < 4.78 is 25.4. The van der Waals surface area contributed by atoms with Gasteiger partial charge in [0.15, 0.2) is 17.4 Å². The Morgan fingerprint density at radius 1 is 1.33 bits per heavy atom. The normalized spacial score (nSPS) is 10.0. The van der Waals surface area contributed by atoms with Crippen LogP contribution >= 0.6 is 0 Å². The van der Waals surface area contributed by atoms with Gasteiger partial charge in [0.25, 0.3) is 0 Å². The highest BCUT2D eigenvalue weighted by Crippen LogP contribution is 2.14. The van der Waals surface area contributed by atoms with Crippen molar-refractivity contribution in [2.75, 3.05) is 0 Å². The molecule has 0 bridgehead atoms. The first-order valence-corrected chi connectivity index (χ1v) is 3.49. The Hall–Kier alpha value is -1.25. The van der Waals surface area contributed by atoms with Crippen LogP contribution in [-0.2, 0) is 0 Å². The average molecular weight is 170 g/mol. The van der Waals surface area contributed by atoms with E-state index in [0.29, 0.717) is 0 Å². The van der Waals surface area contributed by atoms with Crippen molar-refractivity contribution in [1.82, 2.24) is 0 Å². The minimum atomic E-state index is -0.972. The Bertz CT molecular complexity index is 308. The molecule has 0 spiro atoms. The molecule has 0 saturated carbocycles. The minimum Gasteiger partial charge on any atom is -0.295 e. The zero-order chi connectivity index (χ0) is 9.30. The second-order valence-corrected chi connectivity index (χ2v) is 2.65. The molecule has 1 aromatic rings. The molecule has 0 N–H and O–H groups in total. The molecule has 0 heterocycles. The van der Waals surface area contributed by atoms with Crippen molar-refractivity contribution >= 4 is 5.78 Å². The van der Waals surface area contributed by atoms with Crippen LogP contribution in [0.5, 0.6) is 0 Å². The molecule has 0 aliphatic heterocycles. The lowest BCUT2D eigenvalue weighted by atomic mass is 10.1. The molecule has 0 aliphatic rings. The Morgan fingerprint density at radius 2 is 1.92 bits per heavy atom. The highest BCUT2D eigenvalue weighted by molar-refractivity contribution is 5.94. The zero-order valence-electron chi connectivity index (χ0n) is 6.82. The van der Waals surface area contributed by atoms with Crippen LogP contribution in [0.3, 0.4) is 0 Å². The molecule has 12 heavy (non-hydrogen) atoms. The summed E-state index contributed by atoms with van der Waals surface area (Å²) >= 11 is 0. The molecule has 0 fully saturated rings. The third-order valence-corrected chi connectivity index (χ3v) is 1.62. The van der Waals surface area contributed by atoms with Gasteiger partial charge in [0, 0.05) is 5.56 Å². The van der Waals surface area contributed by atoms with E-state index in [-0.39, 0.29) is 16.9 Å². The van der Waals surface area contributed by atoms with Crippen LogP contribution in [0.2, 0.25) is 0 Å². The van der Waals surface area contributed by atoms with Gasteiger partial charge < -0.3 is 0 Å². The molecule has 1 rings (SSSR count). The summed E-state index contributed by atoms with van der Waals surface area (Å²) in [6, 6.07) is 2.24. The maximum Gasteiger partial charge on any atom is 0.161 e. The van der Waals surface area contributed by atoms with E-state index >= 15 is 0 Å². The van der Waals surface area contributed by atoms with Gasteiger partial charge in [-0.15, -0.1) is 0 Å². The summed E-state index contributed by atoms with van der Waals surface area (Å²) in [7, 11) is 0. The van der Waals surface area contributed by atoms with Crippen molar-refractivity contribution in [1.29, 1.82) is 0 Å². The third-order valence-electron chi connectivity index (χ3n) is 1.62. The fourth-order valence-corrected chi connectivity index (χ4v) is 0.930. The monoisotopic (exact) mass is 170 g/mol. The van der Waals surface area contributed by atoms with Crippen LogP contribution < -0.4 is 0 Å². The fraction of sp³-hybridized carbons (Fsp3) is 0.222. The van der Waals surface area contributed by atoms with E-state index in [4.69, 9.17) is 0 Å². The van der Waals surface area contributed by atoms with Gasteiger partial charge in [-0.2, -0.15) is 0 Å². The second kappa shape index (κ2) is 3.01. The topological polar surface area (TPSA) is 17.1 Å². The lowest BCUT2D eigenvalue weighted by Crippen LogP contribution is -1.97. The van der Waals surface area contributed by atoms with Gasteiger partial charge in [-0.05, 0) is 31.5 Å². The first kappa shape index (κ1) is 8.84. The van der Waals surface area contributed by atoms with Crippen molar-refractivity contribution in [3.8, 4) is 0 Å². The lowest BCUT2D eigenvalue weighted by Gasteiger charge is -2.00. The van der Waals surface area contributed by atoms with Gasteiger partial charge in [-0.25, -0.2) is 8.78 Å². The van der Waals surface area contributed by atoms with Crippen molar-refractivity contribution in [2.45, 2.75) is 13.8 Å². The fourth-order valence-electron chi connectivity index (χ4n) is 0.930. The standard InChI is InChI=1S/C9H8F2O/c1-5-3-7(6(2)12)4-8(10)9(5)11/h3-4H,1-2H3. The highest BCUT2D eigenvalue weighted by atomic mass is 19.2. The smallest absolute Gasteiger partial charge is 0.161 e. The molecular weight excluding hydrogens is 162 g/mol. The second-order valence-electron chi connectivity index (χ2n) is 2.65. The van der Waals surface area contributed by atoms with Gasteiger partial charge in [0.1, 0.15) is 0 Å². The lowest BCUT2D eigenvalue weighted by molar-refractivity contribution is 0.101. The number of hydrogen-bond acceptors (Lipinski definition) is 1. The SMILES string of the molecule is CC(=O)c1cc(C)c(F)c(F)c1. The maximum atomic E-state index is 12.7. The first-order valence-electron chi connectivity index (χ1n) is 3.49. The number of ketones is 1. The van der Waals surface area contributed by atoms with Crippen molar-refractivity contribution in [3.05, 3.63) is 34.9 Å². The number of rotatable bonds is 1. The molecule has 3 heteroatoms. The van der Waals surface area contributed by atoms with Crippen LogP contribution in [0.15, 0.2) is 12.1 Å². The third kappa shape index (κ3) is 1.49. The summed E-state index contributed by atoms with van der Waals surface area (Å²) in [6.07, 6.45) is 0. The zero-order valence-corrected chi connectivity index (χ0v) is 6.82. The van der Waals surface area contributed by atoms with Crippen molar-refractivity contribution in [2.24, 2.45) is 0 Å². The van der Waals surface area contributed by atoms with Crippen molar-refractivity contribution < 1.29 is 13.6 Å². The van der Waals surface area contributed by atoms with Crippen LogP contribution in [0.4, 0.5) is 8.78 Å². The summed E-state index contributed by atoms with van der Waals surface area (Å²) in [5, 5.41) is 0. The van der Waals surface area contributed by atoms with Gasteiger partial charge in [-0.3, -0.25) is 4.79 Å². The number of carbonyl (C=O) groups excluding carboxylic acids is 1. The molecule has 64 valence electrons. The Morgan fingerprint density at radius 3 is 2.33 bits per heavy atom. The van der Waals surface area contributed by atoms with E-state index in [1.54, 1.807) is 0 Å². The van der Waals surface area contributed by atoms with Gasteiger partial charge >= 0.3 is 0 Å². The molecule has 0 radical (unpaired) electrons. The summed E-state index contributed by atoms with van der Waals surface area (Å²) in [4.78, 5) is 10.8. The summed E-state index contributed by atoms with van der Waals surface area (Å²) in [5.74, 6) is -2.13. The van der Waals surface area contributed by atoms with Crippen LogP contribution in [0.1, 0.15) is 22.8 Å². The molecular formula is C9H8F2O. The van der Waals surface area contributed by atoms with E-state index in [1.807, 2.05) is 0 Å². The molecule has 0 aromatic heterocycles. The molecule has 0 amide bonds. The van der Waals surface area contributed by atoms with Crippen molar-refractivity contribution in [3.63, 3.8) is 0 Å². The van der Waals surface area contributed by atoms with E-state index in [1.165, 1.54) is 19.9 Å². The first-order chi connectivity index (χ1) is 5.52. The van der Waals surface area contributed by atoms with E-state index < -0.39 is 11.6 Å². The number of aryl methyl sites for hydroxylation is 1. The Kier molecular flexibility index (Phi) is 2.22. The van der Waals surface area contributed by atoms with Gasteiger partial charge in [0.05, 0.1) is 0 Å². The van der Waals surface area contributed by atoms with Gasteiger partial charge in [0.2, 0.25) is 0 Å². The van der Waals surface area contributed by atoms with Crippen LogP contribution in [0.25, 0.3) is 0 Å². The van der Waals surface area contributed by atoms with Crippen LogP contribution in [-0.4, -0.2) is 5.78 Å². The predicted octanol–water partition coefficient (Wildman–Crippen LogP) is 2.48. The molecule has 0 aliphatic carbocycles. The van der Waals surface area contributed by atoms with Crippen LogP contribution in [0, 0.1) is 18.6 Å². The largest absolute Gasteiger partial charge is 0.295 e. The van der Waals surface area contributed by atoms with E-state index in [2.05, 4.69) is 0 Å². The number of halogens is 2. The Labute approximate surface area is 69.0 Å². The maximum absolute atomic E-state index is 12.7. The number of hydrogen-bond donors (Lipinski definition) is 0.